The molecule has 0 spiro atoms. The van der Waals surface area contributed by atoms with E-state index in [-0.39, 0.29) is 5.91 Å². The van der Waals surface area contributed by atoms with Crippen molar-refractivity contribution in [3.8, 4) is 5.75 Å². The van der Waals surface area contributed by atoms with Gasteiger partial charge in [0.25, 0.3) is 0 Å². The van der Waals surface area contributed by atoms with Crippen LogP contribution in [0.5, 0.6) is 5.75 Å². The molecular weight excluding hydrogens is 419 g/mol. The van der Waals surface area contributed by atoms with Crippen LogP contribution in [0.4, 0.5) is 13.2 Å². The Balaban J connectivity index is 1.35. The van der Waals surface area contributed by atoms with Gasteiger partial charge in [-0.1, -0.05) is 12.1 Å². The molecule has 170 valence electrons. The summed E-state index contributed by atoms with van der Waals surface area (Å²) >= 11 is 0. The number of methoxy groups -OCH3 is 1. The molecule has 0 unspecified atom stereocenters. The van der Waals surface area contributed by atoms with Crippen molar-refractivity contribution in [1.82, 2.24) is 14.8 Å². The minimum Gasteiger partial charge on any atom is -0.497 e. The van der Waals surface area contributed by atoms with Gasteiger partial charge in [-0.15, -0.1) is 0 Å². The first kappa shape index (κ1) is 22.2. The lowest BCUT2D eigenvalue weighted by Gasteiger charge is -2.22. The van der Waals surface area contributed by atoms with Gasteiger partial charge >= 0.3 is 6.18 Å². The molecule has 0 atom stereocenters. The number of halogens is 3. The van der Waals surface area contributed by atoms with Crippen LogP contribution >= 0.6 is 0 Å². The summed E-state index contributed by atoms with van der Waals surface area (Å²) in [6.07, 6.45) is -1.31. The smallest absolute Gasteiger partial charge is 0.416 e. The van der Waals surface area contributed by atoms with Crippen molar-refractivity contribution in [3.05, 3.63) is 65.4 Å². The maximum Gasteiger partial charge on any atom is 0.416 e. The van der Waals surface area contributed by atoms with E-state index in [9.17, 15) is 18.0 Å². The maximum absolute atomic E-state index is 13.0. The second-order valence-electron chi connectivity index (χ2n) is 8.11. The highest BCUT2D eigenvalue weighted by atomic mass is 19.4. The highest BCUT2D eigenvalue weighted by Crippen LogP contribution is 2.29. The van der Waals surface area contributed by atoms with Gasteiger partial charge < -0.3 is 14.6 Å². The molecular formula is C24H26F3N3O2. The Bertz CT molecular complexity index is 1080. The Morgan fingerprint density at radius 1 is 1.06 bits per heavy atom. The van der Waals surface area contributed by atoms with E-state index in [0.29, 0.717) is 32.6 Å². The number of fused-ring (bicyclic) bond motifs is 1. The maximum atomic E-state index is 13.0. The van der Waals surface area contributed by atoms with E-state index in [4.69, 9.17) is 4.74 Å². The monoisotopic (exact) mass is 445 g/mol. The van der Waals surface area contributed by atoms with Crippen molar-refractivity contribution < 1.29 is 22.7 Å². The van der Waals surface area contributed by atoms with Gasteiger partial charge in [0, 0.05) is 49.8 Å². The van der Waals surface area contributed by atoms with Gasteiger partial charge in [-0.05, 0) is 47.9 Å². The first-order valence-corrected chi connectivity index (χ1v) is 10.6. The second kappa shape index (κ2) is 9.24. The fraction of sp³-hybridized carbons (Fsp3) is 0.375. The minimum atomic E-state index is -4.32. The number of hydrogen-bond donors (Lipinski definition) is 1. The molecule has 1 aliphatic heterocycles. The fourth-order valence-corrected chi connectivity index (χ4v) is 4.14. The average Bonchev–Trinajstić information content (AvgIpc) is 3.01. The van der Waals surface area contributed by atoms with Crippen LogP contribution in [0.1, 0.15) is 23.1 Å². The lowest BCUT2D eigenvalue weighted by Crippen LogP contribution is -2.36. The lowest BCUT2D eigenvalue weighted by atomic mass is 10.1. The number of amides is 1. The molecule has 1 amide bonds. The first-order chi connectivity index (χ1) is 15.3. The number of rotatable bonds is 5. The molecule has 0 radical (unpaired) electrons. The number of nitrogens with one attached hydrogen (secondary N) is 1. The lowest BCUT2D eigenvalue weighted by molar-refractivity contribution is -0.137. The Morgan fingerprint density at radius 3 is 2.56 bits per heavy atom. The molecule has 4 rings (SSSR count). The average molecular weight is 445 g/mol. The summed E-state index contributed by atoms with van der Waals surface area (Å²) in [7, 11) is 1.62. The molecule has 1 aliphatic rings. The predicted octanol–water partition coefficient (Wildman–Crippen LogP) is 4.47. The molecule has 2 aromatic carbocycles. The summed E-state index contributed by atoms with van der Waals surface area (Å²) in [5.74, 6) is 0.824. The molecule has 32 heavy (non-hydrogen) atoms. The Labute approximate surface area is 184 Å². The van der Waals surface area contributed by atoms with Crippen LogP contribution in [0.15, 0.2) is 48.7 Å². The number of carbonyl (C=O) groups is 1. The standard InChI is InChI=1S/C24H26F3N3O2/c1-32-20-7-8-22-21(14-20)18(15-28-22)13-23(31)30-10-2-9-29(11-12-30)16-17-3-5-19(6-4-17)24(25,26)27/h3-8,14-15,28H,2,9-13,16H2,1H3. The first-order valence-electron chi connectivity index (χ1n) is 10.6. The van der Waals surface area contributed by atoms with Gasteiger partial charge in [-0.25, -0.2) is 0 Å². The van der Waals surface area contributed by atoms with Gasteiger partial charge in [-0.3, -0.25) is 9.69 Å². The summed E-state index contributed by atoms with van der Waals surface area (Å²) in [4.78, 5) is 20.2. The molecule has 1 N–H and O–H groups in total. The van der Waals surface area contributed by atoms with Gasteiger partial charge in [0.1, 0.15) is 5.75 Å². The number of nitrogens with zero attached hydrogens (tertiary/aromatic N) is 2. The highest BCUT2D eigenvalue weighted by Gasteiger charge is 2.30. The highest BCUT2D eigenvalue weighted by molar-refractivity contribution is 5.89. The van der Waals surface area contributed by atoms with Crippen LogP contribution in [0.2, 0.25) is 0 Å². The number of hydrogen-bond acceptors (Lipinski definition) is 3. The van der Waals surface area contributed by atoms with Crippen LogP contribution in [0.3, 0.4) is 0 Å². The summed E-state index contributed by atoms with van der Waals surface area (Å²) in [6, 6.07) is 11.1. The molecule has 1 aromatic heterocycles. The molecule has 5 nitrogen and oxygen atoms in total. The number of aromatic nitrogens is 1. The van der Waals surface area contributed by atoms with E-state index in [1.807, 2.05) is 29.3 Å². The van der Waals surface area contributed by atoms with Gasteiger partial charge in [-0.2, -0.15) is 13.2 Å². The third-order valence-electron chi connectivity index (χ3n) is 5.94. The second-order valence-corrected chi connectivity index (χ2v) is 8.11. The van der Waals surface area contributed by atoms with Crippen molar-refractivity contribution in [3.63, 3.8) is 0 Å². The molecule has 0 saturated carbocycles. The normalized spacial score (nSPS) is 15.7. The van der Waals surface area contributed by atoms with Crippen molar-refractivity contribution >= 4 is 16.8 Å². The summed E-state index contributed by atoms with van der Waals surface area (Å²) in [6.45, 7) is 3.34. The molecule has 1 fully saturated rings. The van der Waals surface area contributed by atoms with Crippen LogP contribution in [0.25, 0.3) is 10.9 Å². The molecule has 1 saturated heterocycles. The quantitative estimate of drug-likeness (QED) is 0.630. The number of H-pyrrole nitrogens is 1. The van der Waals surface area contributed by atoms with Crippen LogP contribution in [-0.2, 0) is 23.9 Å². The van der Waals surface area contributed by atoms with Gasteiger partial charge in [0.05, 0.1) is 19.1 Å². The number of alkyl halides is 3. The Morgan fingerprint density at radius 2 is 1.84 bits per heavy atom. The summed E-state index contributed by atoms with van der Waals surface area (Å²) in [5.41, 5.74) is 2.11. The van der Waals surface area contributed by atoms with Gasteiger partial charge in [0.2, 0.25) is 5.91 Å². The topological polar surface area (TPSA) is 48.6 Å². The fourth-order valence-electron chi connectivity index (χ4n) is 4.14. The van der Waals surface area contributed by atoms with Crippen molar-refractivity contribution in [2.75, 3.05) is 33.3 Å². The molecule has 8 heteroatoms. The number of carbonyl (C=O) groups excluding carboxylic acids is 1. The van der Waals surface area contributed by atoms with Crippen LogP contribution in [0, 0.1) is 0 Å². The van der Waals surface area contributed by atoms with Crippen LogP contribution in [-0.4, -0.2) is 54.0 Å². The van der Waals surface area contributed by atoms with E-state index in [1.54, 1.807) is 7.11 Å². The third-order valence-corrected chi connectivity index (χ3v) is 5.94. The van der Waals surface area contributed by atoms with E-state index in [2.05, 4.69) is 9.88 Å². The van der Waals surface area contributed by atoms with Gasteiger partial charge in [0.15, 0.2) is 0 Å². The zero-order chi connectivity index (χ0) is 22.7. The largest absolute Gasteiger partial charge is 0.497 e. The number of benzene rings is 2. The zero-order valence-corrected chi connectivity index (χ0v) is 17.9. The third kappa shape index (κ3) is 5.07. The summed E-state index contributed by atoms with van der Waals surface area (Å²) < 4.78 is 43.6. The predicted molar refractivity (Wildman–Crippen MR) is 116 cm³/mol. The Hall–Kier alpha value is -3.00. The SMILES string of the molecule is COc1ccc2[nH]cc(CC(=O)N3CCCN(Cc4ccc(C(F)(F)F)cc4)CC3)c2c1. The molecule has 3 aromatic rings. The van der Waals surface area contributed by atoms with Crippen molar-refractivity contribution in [2.45, 2.75) is 25.6 Å². The molecule has 0 aliphatic carbocycles. The Kier molecular flexibility index (Phi) is 6.41. The van der Waals surface area contributed by atoms with Crippen molar-refractivity contribution in [2.24, 2.45) is 0 Å². The van der Waals surface area contributed by atoms with E-state index in [0.717, 1.165) is 52.9 Å². The van der Waals surface area contributed by atoms with Crippen LogP contribution < -0.4 is 4.74 Å². The van der Waals surface area contributed by atoms with E-state index < -0.39 is 11.7 Å². The minimum absolute atomic E-state index is 0.0742. The van der Waals surface area contributed by atoms with E-state index in [1.165, 1.54) is 12.1 Å². The number of aromatic amines is 1. The number of ether oxygens (including phenoxy) is 1. The summed E-state index contributed by atoms with van der Waals surface area (Å²) in [5, 5.41) is 0.983. The van der Waals surface area contributed by atoms with Crippen molar-refractivity contribution in [1.29, 1.82) is 0 Å². The zero-order valence-electron chi connectivity index (χ0n) is 17.9. The molecule has 2 heterocycles. The molecule has 0 bridgehead atoms. The van der Waals surface area contributed by atoms with E-state index >= 15 is 0 Å².